The van der Waals surface area contributed by atoms with E-state index in [-0.39, 0.29) is 5.91 Å². The van der Waals surface area contributed by atoms with Gasteiger partial charge < -0.3 is 5.32 Å². The molecule has 0 spiro atoms. The third kappa shape index (κ3) is 3.42. The zero-order valence-electron chi connectivity index (χ0n) is 15.2. The molecule has 6 heteroatoms. The van der Waals surface area contributed by atoms with Gasteiger partial charge in [0.05, 0.1) is 16.3 Å². The molecule has 0 aliphatic rings. The van der Waals surface area contributed by atoms with E-state index < -0.39 is 0 Å². The molecule has 2 aromatic carbocycles. The molecule has 0 saturated carbocycles. The lowest BCUT2D eigenvalue weighted by Crippen LogP contribution is -2.11. The number of amides is 1. The quantitative estimate of drug-likeness (QED) is 0.423. The number of benzene rings is 2. The average molecular weight is 440 g/mol. The summed E-state index contributed by atoms with van der Waals surface area (Å²) in [6.07, 6.45) is 0. The van der Waals surface area contributed by atoms with E-state index in [0.29, 0.717) is 4.88 Å². The molecule has 4 aromatic rings. The van der Waals surface area contributed by atoms with Gasteiger partial charge in [-0.2, -0.15) is 5.10 Å². The monoisotopic (exact) mass is 439 g/mol. The number of thiophene rings is 1. The van der Waals surface area contributed by atoms with E-state index in [0.717, 1.165) is 37.3 Å². The molecule has 1 N–H and O–H groups in total. The molecule has 0 aliphatic carbocycles. The number of nitrogens with zero attached hydrogens (tertiary/aromatic N) is 2. The van der Waals surface area contributed by atoms with Gasteiger partial charge in [0.2, 0.25) is 0 Å². The van der Waals surface area contributed by atoms with Crippen LogP contribution in [0.2, 0.25) is 0 Å². The van der Waals surface area contributed by atoms with Crippen molar-refractivity contribution in [3.63, 3.8) is 0 Å². The lowest BCUT2D eigenvalue weighted by Gasteiger charge is -2.08. The second-order valence-electron chi connectivity index (χ2n) is 6.58. The van der Waals surface area contributed by atoms with E-state index in [9.17, 15) is 4.79 Å². The Kier molecular flexibility index (Phi) is 4.61. The SMILES string of the molecule is Cc1ccc(NC(=O)c2cc3c(C)nn(-c4ccc(Br)cc4)c3s2)c(C)c1. The molecule has 0 atom stereocenters. The Morgan fingerprint density at radius 3 is 2.52 bits per heavy atom. The van der Waals surface area contributed by atoms with Gasteiger partial charge in [-0.25, -0.2) is 4.68 Å². The molecule has 0 aliphatic heterocycles. The van der Waals surface area contributed by atoms with Gasteiger partial charge in [0, 0.05) is 15.5 Å². The number of carbonyl (C=O) groups excluding carboxylic acids is 1. The number of hydrogen-bond donors (Lipinski definition) is 1. The fourth-order valence-electron chi connectivity index (χ4n) is 3.05. The Morgan fingerprint density at radius 1 is 1.07 bits per heavy atom. The zero-order chi connectivity index (χ0) is 19.1. The number of rotatable bonds is 3. The molecule has 0 unspecified atom stereocenters. The van der Waals surface area contributed by atoms with Crippen LogP contribution in [-0.2, 0) is 0 Å². The van der Waals surface area contributed by atoms with Crippen LogP contribution in [0, 0.1) is 20.8 Å². The van der Waals surface area contributed by atoms with Gasteiger partial charge in [-0.05, 0) is 62.7 Å². The number of anilines is 1. The molecular formula is C21H18BrN3OS. The van der Waals surface area contributed by atoms with Gasteiger partial charge in [-0.15, -0.1) is 11.3 Å². The van der Waals surface area contributed by atoms with Crippen molar-refractivity contribution >= 4 is 49.1 Å². The summed E-state index contributed by atoms with van der Waals surface area (Å²) in [5.41, 5.74) is 4.96. The summed E-state index contributed by atoms with van der Waals surface area (Å²) in [6, 6.07) is 15.9. The molecule has 4 rings (SSSR count). The van der Waals surface area contributed by atoms with E-state index in [1.807, 2.05) is 67.9 Å². The summed E-state index contributed by atoms with van der Waals surface area (Å²) in [7, 11) is 0. The minimum atomic E-state index is -0.0927. The van der Waals surface area contributed by atoms with Crippen molar-refractivity contribution in [3.05, 3.63) is 74.7 Å². The van der Waals surface area contributed by atoms with Crippen molar-refractivity contribution in [1.29, 1.82) is 0 Å². The Morgan fingerprint density at radius 2 is 1.81 bits per heavy atom. The van der Waals surface area contributed by atoms with Crippen LogP contribution in [0.3, 0.4) is 0 Å². The van der Waals surface area contributed by atoms with Crippen LogP contribution in [0.1, 0.15) is 26.5 Å². The minimum Gasteiger partial charge on any atom is -0.321 e. The number of aryl methyl sites for hydroxylation is 3. The van der Waals surface area contributed by atoms with E-state index in [2.05, 4.69) is 32.4 Å². The van der Waals surface area contributed by atoms with E-state index in [1.54, 1.807) is 0 Å². The molecule has 27 heavy (non-hydrogen) atoms. The summed E-state index contributed by atoms with van der Waals surface area (Å²) in [4.78, 5) is 14.4. The van der Waals surface area contributed by atoms with Gasteiger partial charge in [0.1, 0.15) is 4.83 Å². The third-order valence-electron chi connectivity index (χ3n) is 4.47. The normalized spacial score (nSPS) is 11.1. The summed E-state index contributed by atoms with van der Waals surface area (Å²) in [6.45, 7) is 6.01. The fourth-order valence-corrected chi connectivity index (χ4v) is 4.40. The minimum absolute atomic E-state index is 0.0927. The van der Waals surface area contributed by atoms with Gasteiger partial charge in [-0.1, -0.05) is 33.6 Å². The predicted octanol–water partition coefficient (Wildman–Crippen LogP) is 6.03. The van der Waals surface area contributed by atoms with Gasteiger partial charge >= 0.3 is 0 Å². The van der Waals surface area contributed by atoms with Crippen LogP contribution in [0.5, 0.6) is 0 Å². The van der Waals surface area contributed by atoms with Crippen molar-refractivity contribution in [2.24, 2.45) is 0 Å². The lowest BCUT2D eigenvalue weighted by molar-refractivity contribution is 0.103. The van der Waals surface area contributed by atoms with E-state index >= 15 is 0 Å². The first-order valence-corrected chi connectivity index (χ1v) is 10.2. The highest BCUT2D eigenvalue weighted by Gasteiger charge is 2.17. The van der Waals surface area contributed by atoms with Crippen molar-refractivity contribution in [3.8, 4) is 5.69 Å². The maximum absolute atomic E-state index is 12.8. The topological polar surface area (TPSA) is 46.9 Å². The number of hydrogen-bond acceptors (Lipinski definition) is 3. The first kappa shape index (κ1) is 17.9. The third-order valence-corrected chi connectivity index (χ3v) is 6.11. The molecule has 0 saturated heterocycles. The Balaban J connectivity index is 1.70. The van der Waals surface area contributed by atoms with Gasteiger partial charge in [0.25, 0.3) is 5.91 Å². The summed E-state index contributed by atoms with van der Waals surface area (Å²) >= 11 is 4.91. The fraction of sp³-hybridized carbons (Fsp3) is 0.143. The van der Waals surface area contributed by atoms with Crippen molar-refractivity contribution in [2.45, 2.75) is 20.8 Å². The van der Waals surface area contributed by atoms with Crippen LogP contribution < -0.4 is 5.32 Å². The molecule has 1 amide bonds. The van der Waals surface area contributed by atoms with Crippen LogP contribution in [0.4, 0.5) is 5.69 Å². The summed E-state index contributed by atoms with van der Waals surface area (Å²) in [5.74, 6) is -0.0927. The highest BCUT2D eigenvalue weighted by molar-refractivity contribution is 9.10. The predicted molar refractivity (Wildman–Crippen MR) is 115 cm³/mol. The van der Waals surface area contributed by atoms with Crippen LogP contribution >= 0.6 is 27.3 Å². The zero-order valence-corrected chi connectivity index (χ0v) is 17.6. The highest BCUT2D eigenvalue weighted by atomic mass is 79.9. The second-order valence-corrected chi connectivity index (χ2v) is 8.52. The maximum Gasteiger partial charge on any atom is 0.265 e. The molecular weight excluding hydrogens is 422 g/mol. The molecule has 136 valence electrons. The number of nitrogens with one attached hydrogen (secondary N) is 1. The van der Waals surface area contributed by atoms with Gasteiger partial charge in [0.15, 0.2) is 0 Å². The molecule has 0 radical (unpaired) electrons. The molecule has 0 fully saturated rings. The first-order chi connectivity index (χ1) is 12.9. The maximum atomic E-state index is 12.8. The van der Waals surface area contributed by atoms with E-state index in [1.165, 1.54) is 16.9 Å². The van der Waals surface area contributed by atoms with Crippen molar-refractivity contribution in [2.75, 3.05) is 5.32 Å². The standard InChI is InChI=1S/C21H18BrN3OS/c1-12-4-9-18(13(2)10-12)23-20(26)19-11-17-14(3)24-25(21(17)27-19)16-7-5-15(22)6-8-16/h4-11H,1-3H3,(H,23,26). The van der Waals surface area contributed by atoms with E-state index in [4.69, 9.17) is 0 Å². The average Bonchev–Trinajstić information content (AvgIpc) is 3.19. The van der Waals surface area contributed by atoms with Gasteiger partial charge in [-0.3, -0.25) is 4.79 Å². The molecule has 4 nitrogen and oxygen atoms in total. The molecule has 0 bridgehead atoms. The van der Waals surface area contributed by atoms with Crippen molar-refractivity contribution < 1.29 is 4.79 Å². The molecule has 2 heterocycles. The summed E-state index contributed by atoms with van der Waals surface area (Å²) < 4.78 is 2.92. The Labute approximate surface area is 170 Å². The summed E-state index contributed by atoms with van der Waals surface area (Å²) in [5, 5.41) is 8.67. The van der Waals surface area contributed by atoms with Crippen molar-refractivity contribution in [1.82, 2.24) is 9.78 Å². The number of carbonyl (C=O) groups is 1. The second kappa shape index (κ2) is 6.94. The van der Waals surface area contributed by atoms with Crippen LogP contribution in [0.25, 0.3) is 15.9 Å². The smallest absolute Gasteiger partial charge is 0.265 e. The highest BCUT2D eigenvalue weighted by Crippen LogP contribution is 2.31. The number of halogens is 1. The largest absolute Gasteiger partial charge is 0.321 e. The first-order valence-electron chi connectivity index (χ1n) is 8.56. The number of fused-ring (bicyclic) bond motifs is 1. The Hall–Kier alpha value is -2.44. The lowest BCUT2D eigenvalue weighted by atomic mass is 10.1. The van der Waals surface area contributed by atoms with Crippen LogP contribution in [0.15, 0.2) is 53.0 Å². The number of aromatic nitrogens is 2. The Bertz CT molecular complexity index is 1160. The van der Waals surface area contributed by atoms with Crippen LogP contribution in [-0.4, -0.2) is 15.7 Å². The molecule has 2 aromatic heterocycles.